The summed E-state index contributed by atoms with van der Waals surface area (Å²) in [6, 6.07) is 15.4. The molecule has 0 saturated heterocycles. The van der Waals surface area contributed by atoms with Crippen LogP contribution < -0.4 is 5.32 Å². The first-order valence-corrected chi connectivity index (χ1v) is 9.98. The van der Waals surface area contributed by atoms with E-state index in [9.17, 15) is 4.79 Å². The van der Waals surface area contributed by atoms with Gasteiger partial charge in [0.25, 0.3) is 0 Å². The summed E-state index contributed by atoms with van der Waals surface area (Å²) in [5.41, 5.74) is 2.93. The van der Waals surface area contributed by atoms with E-state index in [1.807, 2.05) is 60.1 Å². The summed E-state index contributed by atoms with van der Waals surface area (Å²) in [7, 11) is 1.88. The van der Waals surface area contributed by atoms with E-state index < -0.39 is 0 Å². The Morgan fingerprint density at radius 2 is 1.93 bits per heavy atom. The molecule has 2 aromatic carbocycles. The third kappa shape index (κ3) is 4.90. The molecule has 1 amide bonds. The summed E-state index contributed by atoms with van der Waals surface area (Å²) < 4.78 is 1.86. The smallest absolute Gasteiger partial charge is 0.234 e. The van der Waals surface area contributed by atoms with Crippen molar-refractivity contribution in [3.05, 3.63) is 59.1 Å². The van der Waals surface area contributed by atoms with Crippen LogP contribution >= 0.6 is 23.4 Å². The number of nitrogens with one attached hydrogen (secondary N) is 1. The van der Waals surface area contributed by atoms with E-state index in [-0.39, 0.29) is 11.7 Å². The molecule has 3 aromatic rings. The van der Waals surface area contributed by atoms with Crippen molar-refractivity contribution in [3.8, 4) is 11.4 Å². The van der Waals surface area contributed by atoms with E-state index in [4.69, 9.17) is 11.6 Å². The maximum absolute atomic E-state index is 12.2. The van der Waals surface area contributed by atoms with Gasteiger partial charge in [-0.15, -0.1) is 10.2 Å². The molecular formula is C20H21ClN4OS. The molecule has 0 radical (unpaired) electrons. The number of benzene rings is 2. The zero-order valence-electron chi connectivity index (χ0n) is 15.4. The lowest BCUT2D eigenvalue weighted by molar-refractivity contribution is -0.113. The summed E-state index contributed by atoms with van der Waals surface area (Å²) in [5, 5.41) is 12.6. The number of amides is 1. The lowest BCUT2D eigenvalue weighted by Crippen LogP contribution is -2.14. The van der Waals surface area contributed by atoms with Crippen molar-refractivity contribution in [1.29, 1.82) is 0 Å². The van der Waals surface area contributed by atoms with Crippen LogP contribution in [0.15, 0.2) is 53.7 Å². The number of rotatable bonds is 6. The standard InChI is InChI=1S/C20H21ClN4OS/c1-13(2)14-7-9-17(10-8-14)22-18(26)12-27-20-24-23-19(25(20)3)15-5-4-6-16(21)11-15/h4-11,13H,12H2,1-3H3,(H,22,26). The van der Waals surface area contributed by atoms with Gasteiger partial charge in [-0.2, -0.15) is 0 Å². The van der Waals surface area contributed by atoms with Crippen molar-refractivity contribution in [2.75, 3.05) is 11.1 Å². The highest BCUT2D eigenvalue weighted by atomic mass is 35.5. The highest BCUT2D eigenvalue weighted by molar-refractivity contribution is 7.99. The van der Waals surface area contributed by atoms with Crippen LogP contribution in [-0.4, -0.2) is 26.4 Å². The van der Waals surface area contributed by atoms with Crippen LogP contribution in [0.4, 0.5) is 5.69 Å². The zero-order chi connectivity index (χ0) is 19.4. The molecule has 0 fully saturated rings. The van der Waals surface area contributed by atoms with Gasteiger partial charge in [0, 0.05) is 23.3 Å². The fraction of sp³-hybridized carbons (Fsp3) is 0.250. The number of hydrogen-bond acceptors (Lipinski definition) is 4. The Hall–Kier alpha value is -2.31. The van der Waals surface area contributed by atoms with Crippen molar-refractivity contribution < 1.29 is 4.79 Å². The summed E-state index contributed by atoms with van der Waals surface area (Å²) in [5.74, 6) is 1.36. The first-order chi connectivity index (χ1) is 12.9. The van der Waals surface area contributed by atoms with E-state index in [2.05, 4.69) is 29.4 Å². The van der Waals surface area contributed by atoms with Gasteiger partial charge in [0.1, 0.15) is 0 Å². The fourth-order valence-corrected chi connectivity index (χ4v) is 3.50. The van der Waals surface area contributed by atoms with Gasteiger partial charge in [0.15, 0.2) is 11.0 Å². The lowest BCUT2D eigenvalue weighted by Gasteiger charge is -2.08. The highest BCUT2D eigenvalue weighted by Crippen LogP contribution is 2.25. The number of thioether (sulfide) groups is 1. The molecule has 7 heteroatoms. The van der Waals surface area contributed by atoms with E-state index in [0.717, 1.165) is 11.3 Å². The largest absolute Gasteiger partial charge is 0.325 e. The predicted octanol–water partition coefficient (Wildman–Crippen LogP) is 4.99. The third-order valence-electron chi connectivity index (χ3n) is 4.11. The summed E-state index contributed by atoms with van der Waals surface area (Å²) >= 11 is 7.39. The molecule has 1 aromatic heterocycles. The van der Waals surface area contributed by atoms with Crippen LogP contribution in [-0.2, 0) is 11.8 Å². The minimum Gasteiger partial charge on any atom is -0.325 e. The molecule has 0 atom stereocenters. The third-order valence-corrected chi connectivity index (χ3v) is 5.37. The maximum atomic E-state index is 12.2. The quantitative estimate of drug-likeness (QED) is 0.592. The second-order valence-corrected chi connectivity index (χ2v) is 7.87. The number of halogens is 1. The zero-order valence-corrected chi connectivity index (χ0v) is 17.0. The minimum absolute atomic E-state index is 0.0791. The first-order valence-electron chi connectivity index (χ1n) is 8.62. The van der Waals surface area contributed by atoms with Gasteiger partial charge in [-0.05, 0) is 35.7 Å². The van der Waals surface area contributed by atoms with E-state index in [1.54, 1.807) is 0 Å². The molecule has 0 unspecified atom stereocenters. The Morgan fingerprint density at radius 1 is 1.19 bits per heavy atom. The van der Waals surface area contributed by atoms with Gasteiger partial charge in [-0.3, -0.25) is 4.79 Å². The van der Waals surface area contributed by atoms with Crippen molar-refractivity contribution in [3.63, 3.8) is 0 Å². The second kappa shape index (κ2) is 8.59. The SMILES string of the molecule is CC(C)c1ccc(NC(=O)CSc2nnc(-c3cccc(Cl)c3)n2C)cc1. The Bertz CT molecular complexity index is 937. The summed E-state index contributed by atoms with van der Waals surface area (Å²) in [6.45, 7) is 4.28. The molecule has 5 nitrogen and oxygen atoms in total. The van der Waals surface area contributed by atoms with Gasteiger partial charge in [-0.1, -0.05) is 61.5 Å². The van der Waals surface area contributed by atoms with Gasteiger partial charge >= 0.3 is 0 Å². The van der Waals surface area contributed by atoms with E-state index in [1.165, 1.54) is 17.3 Å². The Kier molecular flexibility index (Phi) is 6.19. The molecule has 3 rings (SSSR count). The molecule has 0 aliphatic carbocycles. The minimum atomic E-state index is -0.0791. The normalized spacial score (nSPS) is 11.0. The molecule has 1 heterocycles. The number of carbonyl (C=O) groups is 1. The van der Waals surface area contributed by atoms with Crippen molar-refractivity contribution in [2.45, 2.75) is 24.9 Å². The van der Waals surface area contributed by atoms with Crippen molar-refractivity contribution in [2.24, 2.45) is 7.05 Å². The number of nitrogens with zero attached hydrogens (tertiary/aromatic N) is 3. The lowest BCUT2D eigenvalue weighted by atomic mass is 10.0. The average molecular weight is 401 g/mol. The first kappa shape index (κ1) is 19.5. The number of hydrogen-bond donors (Lipinski definition) is 1. The average Bonchev–Trinajstić information content (AvgIpc) is 3.01. The van der Waals surface area contributed by atoms with Crippen LogP contribution in [0.2, 0.25) is 5.02 Å². The number of anilines is 1. The van der Waals surface area contributed by atoms with Gasteiger partial charge in [0.05, 0.1) is 5.75 Å². The highest BCUT2D eigenvalue weighted by Gasteiger charge is 2.13. The van der Waals surface area contributed by atoms with Crippen LogP contribution in [0.3, 0.4) is 0 Å². The van der Waals surface area contributed by atoms with Gasteiger partial charge in [0.2, 0.25) is 5.91 Å². The van der Waals surface area contributed by atoms with Gasteiger partial charge in [-0.25, -0.2) is 0 Å². The molecule has 0 spiro atoms. The molecule has 140 valence electrons. The monoisotopic (exact) mass is 400 g/mol. The number of aromatic nitrogens is 3. The van der Waals surface area contributed by atoms with Crippen molar-refractivity contribution >= 4 is 35.0 Å². The van der Waals surface area contributed by atoms with Crippen molar-refractivity contribution in [1.82, 2.24) is 14.8 Å². The Morgan fingerprint density at radius 3 is 2.59 bits per heavy atom. The molecule has 0 saturated carbocycles. The molecule has 0 bridgehead atoms. The van der Waals surface area contributed by atoms with Crippen LogP contribution in [0.25, 0.3) is 11.4 Å². The summed E-state index contributed by atoms with van der Waals surface area (Å²) in [6.07, 6.45) is 0. The second-order valence-electron chi connectivity index (χ2n) is 6.49. The maximum Gasteiger partial charge on any atom is 0.234 e. The molecule has 0 aliphatic heterocycles. The van der Waals surface area contributed by atoms with E-state index >= 15 is 0 Å². The topological polar surface area (TPSA) is 59.8 Å². The summed E-state index contributed by atoms with van der Waals surface area (Å²) in [4.78, 5) is 12.2. The van der Waals surface area contributed by atoms with Crippen LogP contribution in [0.5, 0.6) is 0 Å². The fourth-order valence-electron chi connectivity index (χ4n) is 2.60. The van der Waals surface area contributed by atoms with Crippen LogP contribution in [0, 0.1) is 0 Å². The molecule has 27 heavy (non-hydrogen) atoms. The molecule has 1 N–H and O–H groups in total. The molecular weight excluding hydrogens is 380 g/mol. The van der Waals surface area contributed by atoms with Gasteiger partial charge < -0.3 is 9.88 Å². The molecule has 0 aliphatic rings. The number of carbonyl (C=O) groups excluding carboxylic acids is 1. The van der Waals surface area contributed by atoms with E-state index in [0.29, 0.717) is 21.9 Å². The Balaban J connectivity index is 1.61. The Labute approximate surface area is 168 Å². The predicted molar refractivity (Wildman–Crippen MR) is 111 cm³/mol. The van der Waals surface area contributed by atoms with Crippen LogP contribution in [0.1, 0.15) is 25.3 Å².